The Kier molecular flexibility index (Phi) is 2.84. The van der Waals surface area contributed by atoms with Crippen LogP contribution in [0.15, 0.2) is 36.6 Å². The molecule has 0 spiro atoms. The molecule has 1 rings (SSSR count). The van der Waals surface area contributed by atoms with Gasteiger partial charge in [0.05, 0.1) is 0 Å². The Hall–Kier alpha value is -1.59. The molecule has 1 aromatic rings. The van der Waals surface area contributed by atoms with Gasteiger partial charge in [0.2, 0.25) is 0 Å². The maximum Gasteiger partial charge on any atom is 0.193 e. The number of aryl methyl sites for hydroxylation is 2. The maximum atomic E-state index is 11.4. The molecule has 0 atom stereocenters. The summed E-state index contributed by atoms with van der Waals surface area (Å²) in [6.45, 7) is 7.38. The summed E-state index contributed by atoms with van der Waals surface area (Å²) in [5.74, 6) is -0.0434. The van der Waals surface area contributed by atoms with Gasteiger partial charge < -0.3 is 0 Å². The van der Waals surface area contributed by atoms with E-state index in [0.717, 1.165) is 5.56 Å². The van der Waals surface area contributed by atoms with E-state index in [1.807, 2.05) is 32.0 Å². The van der Waals surface area contributed by atoms with Crippen molar-refractivity contribution in [2.24, 2.45) is 0 Å². The van der Waals surface area contributed by atoms with Crippen LogP contribution in [0.3, 0.4) is 0 Å². The smallest absolute Gasteiger partial charge is 0.193 e. The second-order valence-corrected chi connectivity index (χ2v) is 3.01. The van der Waals surface area contributed by atoms with Crippen LogP contribution in [0.4, 0.5) is 0 Å². The van der Waals surface area contributed by atoms with Crippen molar-refractivity contribution in [1.82, 2.24) is 0 Å². The first kappa shape index (κ1) is 9.50. The molecule has 0 unspecified atom stereocenters. The van der Waals surface area contributed by atoms with Crippen LogP contribution < -0.4 is 0 Å². The number of hydrogen-bond donors (Lipinski definition) is 0. The van der Waals surface area contributed by atoms with Crippen molar-refractivity contribution in [1.29, 1.82) is 0 Å². The summed E-state index contributed by atoms with van der Waals surface area (Å²) in [7, 11) is 0. The zero-order valence-corrected chi connectivity index (χ0v) is 7.92. The van der Waals surface area contributed by atoms with Crippen LogP contribution in [0, 0.1) is 13.8 Å². The highest BCUT2D eigenvalue weighted by Gasteiger charge is 2.01. The Morgan fingerprint density at radius 3 is 2.62 bits per heavy atom. The van der Waals surface area contributed by atoms with Crippen molar-refractivity contribution >= 4 is 5.78 Å². The van der Waals surface area contributed by atoms with E-state index in [9.17, 15) is 4.79 Å². The van der Waals surface area contributed by atoms with Gasteiger partial charge in [-0.05, 0) is 31.0 Å². The van der Waals surface area contributed by atoms with E-state index in [0.29, 0.717) is 5.56 Å². The van der Waals surface area contributed by atoms with Gasteiger partial charge in [-0.15, -0.1) is 5.73 Å². The number of ketones is 1. The monoisotopic (exact) mass is 172 g/mol. The van der Waals surface area contributed by atoms with Crippen molar-refractivity contribution in [3.8, 4) is 0 Å². The zero-order chi connectivity index (χ0) is 9.84. The summed E-state index contributed by atoms with van der Waals surface area (Å²) in [5.41, 5.74) is 5.49. The largest absolute Gasteiger partial charge is 0.289 e. The molecule has 0 N–H and O–H groups in total. The molecule has 0 heterocycles. The van der Waals surface area contributed by atoms with E-state index < -0.39 is 0 Å². The molecule has 1 heteroatoms. The molecule has 0 aliphatic rings. The van der Waals surface area contributed by atoms with Gasteiger partial charge in [-0.2, -0.15) is 0 Å². The van der Waals surface area contributed by atoms with E-state index >= 15 is 0 Å². The van der Waals surface area contributed by atoms with E-state index in [2.05, 4.69) is 12.3 Å². The summed E-state index contributed by atoms with van der Waals surface area (Å²) in [4.78, 5) is 11.4. The molecule has 0 aliphatic carbocycles. The Labute approximate surface area is 78.4 Å². The number of allylic oxidation sites excluding steroid dienone is 1. The first-order valence-corrected chi connectivity index (χ1v) is 4.12. The predicted molar refractivity (Wildman–Crippen MR) is 54.0 cm³/mol. The normalized spacial score (nSPS) is 9.08. The summed E-state index contributed by atoms with van der Waals surface area (Å²) < 4.78 is 0. The minimum Gasteiger partial charge on any atom is -0.289 e. The number of benzene rings is 1. The molecule has 0 radical (unpaired) electrons. The van der Waals surface area contributed by atoms with E-state index in [1.54, 1.807) is 0 Å². The molecular weight excluding hydrogens is 160 g/mol. The molecule has 0 bridgehead atoms. The molecule has 0 amide bonds. The van der Waals surface area contributed by atoms with Crippen molar-refractivity contribution in [3.63, 3.8) is 0 Å². The van der Waals surface area contributed by atoms with Crippen LogP contribution in [0.2, 0.25) is 0 Å². The van der Waals surface area contributed by atoms with Crippen molar-refractivity contribution in [2.75, 3.05) is 0 Å². The fourth-order valence-electron chi connectivity index (χ4n) is 1.07. The molecule has 1 aromatic carbocycles. The van der Waals surface area contributed by atoms with Crippen molar-refractivity contribution in [2.45, 2.75) is 13.8 Å². The van der Waals surface area contributed by atoms with Gasteiger partial charge in [-0.3, -0.25) is 4.79 Å². The molecule has 66 valence electrons. The topological polar surface area (TPSA) is 17.1 Å². The Balaban J connectivity index is 3.10. The number of hydrogen-bond acceptors (Lipinski definition) is 1. The zero-order valence-electron chi connectivity index (χ0n) is 7.92. The second kappa shape index (κ2) is 3.88. The van der Waals surface area contributed by atoms with Crippen LogP contribution in [0.5, 0.6) is 0 Å². The van der Waals surface area contributed by atoms with Gasteiger partial charge >= 0.3 is 0 Å². The SMILES string of the molecule is C=C=CC(=O)c1ccc(C)c(C)c1. The van der Waals surface area contributed by atoms with Gasteiger partial charge in [0.25, 0.3) is 0 Å². The number of carbonyl (C=O) groups excluding carboxylic acids is 1. The predicted octanol–water partition coefficient (Wildman–Crippen LogP) is 2.83. The van der Waals surface area contributed by atoms with Crippen LogP contribution in [0.25, 0.3) is 0 Å². The van der Waals surface area contributed by atoms with Crippen molar-refractivity contribution < 1.29 is 4.79 Å². The molecular formula is C12H12O. The average molecular weight is 172 g/mol. The molecule has 0 saturated carbocycles. The summed E-state index contributed by atoms with van der Waals surface area (Å²) in [6.07, 6.45) is 1.35. The average Bonchev–Trinajstić information content (AvgIpc) is 2.10. The second-order valence-electron chi connectivity index (χ2n) is 3.01. The third-order valence-electron chi connectivity index (χ3n) is 2.02. The summed E-state index contributed by atoms with van der Waals surface area (Å²) in [5, 5.41) is 0. The van der Waals surface area contributed by atoms with Crippen LogP contribution in [-0.2, 0) is 0 Å². The molecule has 0 aliphatic heterocycles. The third-order valence-corrected chi connectivity index (χ3v) is 2.02. The van der Waals surface area contributed by atoms with Crippen molar-refractivity contribution in [3.05, 3.63) is 53.3 Å². The van der Waals surface area contributed by atoms with Gasteiger partial charge in [-0.1, -0.05) is 18.7 Å². The highest BCUT2D eigenvalue weighted by atomic mass is 16.1. The quantitative estimate of drug-likeness (QED) is 0.381. The number of rotatable bonds is 2. The molecule has 1 nitrogen and oxygen atoms in total. The highest BCUT2D eigenvalue weighted by molar-refractivity contribution is 6.04. The minimum absolute atomic E-state index is 0.0434. The lowest BCUT2D eigenvalue weighted by molar-refractivity contribution is 0.104. The molecule has 13 heavy (non-hydrogen) atoms. The fraction of sp³-hybridized carbons (Fsp3) is 0.167. The third kappa shape index (κ3) is 2.17. The minimum atomic E-state index is -0.0434. The van der Waals surface area contributed by atoms with Gasteiger partial charge in [0.15, 0.2) is 5.78 Å². The first-order valence-electron chi connectivity index (χ1n) is 4.12. The highest BCUT2D eigenvalue weighted by Crippen LogP contribution is 2.10. The standard InChI is InChI=1S/C12H12O/c1-4-5-12(13)11-7-6-9(2)10(3)8-11/h5-8H,1H2,2-3H3. The molecule has 0 aromatic heterocycles. The number of carbonyl (C=O) groups is 1. The Morgan fingerprint density at radius 2 is 2.08 bits per heavy atom. The van der Waals surface area contributed by atoms with E-state index in [4.69, 9.17) is 0 Å². The summed E-state index contributed by atoms with van der Waals surface area (Å²) >= 11 is 0. The van der Waals surface area contributed by atoms with Crippen LogP contribution in [-0.4, -0.2) is 5.78 Å². The van der Waals surface area contributed by atoms with Crippen LogP contribution in [0.1, 0.15) is 21.5 Å². The van der Waals surface area contributed by atoms with Gasteiger partial charge in [0, 0.05) is 11.6 Å². The maximum absolute atomic E-state index is 11.4. The van der Waals surface area contributed by atoms with Gasteiger partial charge in [0.1, 0.15) is 0 Å². The van der Waals surface area contributed by atoms with E-state index in [1.165, 1.54) is 11.6 Å². The Morgan fingerprint density at radius 1 is 1.38 bits per heavy atom. The van der Waals surface area contributed by atoms with Crippen LogP contribution >= 0.6 is 0 Å². The molecule has 0 fully saturated rings. The lowest BCUT2D eigenvalue weighted by atomic mass is 10.0. The first-order chi connectivity index (χ1) is 6.15. The molecule has 0 saturated heterocycles. The fourth-order valence-corrected chi connectivity index (χ4v) is 1.07. The lowest BCUT2D eigenvalue weighted by Gasteiger charge is -2.00. The van der Waals surface area contributed by atoms with E-state index in [-0.39, 0.29) is 5.78 Å². The summed E-state index contributed by atoms with van der Waals surface area (Å²) in [6, 6.07) is 5.64. The van der Waals surface area contributed by atoms with Gasteiger partial charge in [-0.25, -0.2) is 0 Å². The Bertz CT molecular complexity index is 382. The lowest BCUT2D eigenvalue weighted by Crippen LogP contribution is -1.94.